The molecule has 3 rings (SSSR count). The fraction of sp³-hybridized carbons (Fsp3) is 0.588. The van der Waals surface area contributed by atoms with E-state index in [9.17, 15) is 9.18 Å². The highest BCUT2D eigenvalue weighted by atomic mass is 35.5. The Morgan fingerprint density at radius 3 is 2.45 bits per heavy atom. The molecule has 1 atom stereocenters. The van der Waals surface area contributed by atoms with Crippen LogP contribution < -0.4 is 5.32 Å². The average Bonchev–Trinajstić information content (AvgIpc) is 3.18. The standard InChI is InChI=1S/C17H23FN2O.ClH/c1-20(15-8-11-19-12-15)16(21)17(9-2-3-10-17)13-4-6-14(18)7-5-13;/h4-7,15,19H,2-3,8-12H2,1H3;1H. The minimum Gasteiger partial charge on any atom is -0.341 e. The van der Waals surface area contributed by atoms with E-state index in [0.717, 1.165) is 50.8 Å². The van der Waals surface area contributed by atoms with E-state index in [2.05, 4.69) is 5.32 Å². The summed E-state index contributed by atoms with van der Waals surface area (Å²) < 4.78 is 13.2. The van der Waals surface area contributed by atoms with Crippen LogP contribution in [0.15, 0.2) is 24.3 Å². The van der Waals surface area contributed by atoms with Crippen LogP contribution in [-0.2, 0) is 10.2 Å². The summed E-state index contributed by atoms with van der Waals surface area (Å²) in [5, 5.41) is 3.31. The van der Waals surface area contributed by atoms with Crippen LogP contribution in [0.25, 0.3) is 0 Å². The van der Waals surface area contributed by atoms with Crippen LogP contribution in [0.4, 0.5) is 4.39 Å². The monoisotopic (exact) mass is 326 g/mol. The Bertz CT molecular complexity index is 508. The average molecular weight is 327 g/mol. The van der Waals surface area contributed by atoms with Crippen molar-refractivity contribution in [3.63, 3.8) is 0 Å². The second-order valence-electron chi connectivity index (χ2n) is 6.36. The van der Waals surface area contributed by atoms with E-state index in [1.54, 1.807) is 12.1 Å². The van der Waals surface area contributed by atoms with E-state index >= 15 is 0 Å². The van der Waals surface area contributed by atoms with Crippen molar-refractivity contribution in [1.29, 1.82) is 0 Å². The van der Waals surface area contributed by atoms with Crippen LogP contribution in [-0.4, -0.2) is 37.0 Å². The van der Waals surface area contributed by atoms with Gasteiger partial charge >= 0.3 is 0 Å². The van der Waals surface area contributed by atoms with Gasteiger partial charge < -0.3 is 10.2 Å². The number of benzene rings is 1. The number of carbonyl (C=O) groups excluding carboxylic acids is 1. The molecule has 1 saturated heterocycles. The van der Waals surface area contributed by atoms with Crippen molar-refractivity contribution in [3.05, 3.63) is 35.6 Å². The van der Waals surface area contributed by atoms with Crippen LogP contribution in [0, 0.1) is 5.82 Å². The van der Waals surface area contributed by atoms with Gasteiger partial charge in [-0.15, -0.1) is 12.4 Å². The number of likely N-dealkylation sites (N-methyl/N-ethyl adjacent to an activating group) is 1. The number of amides is 1. The van der Waals surface area contributed by atoms with Gasteiger partial charge in [0.1, 0.15) is 5.82 Å². The molecule has 1 amide bonds. The van der Waals surface area contributed by atoms with Gasteiger partial charge in [-0.3, -0.25) is 4.79 Å². The molecule has 22 heavy (non-hydrogen) atoms. The van der Waals surface area contributed by atoms with Crippen molar-refractivity contribution >= 4 is 18.3 Å². The van der Waals surface area contributed by atoms with Gasteiger partial charge in [-0.1, -0.05) is 25.0 Å². The summed E-state index contributed by atoms with van der Waals surface area (Å²) in [6, 6.07) is 6.81. The molecule has 1 heterocycles. The molecular formula is C17H24ClFN2O. The zero-order valence-electron chi connectivity index (χ0n) is 13.0. The highest BCUT2D eigenvalue weighted by Gasteiger charge is 2.45. The maximum absolute atomic E-state index is 13.2. The lowest BCUT2D eigenvalue weighted by molar-refractivity contribution is -0.137. The first-order valence-corrected chi connectivity index (χ1v) is 7.87. The van der Waals surface area contributed by atoms with Crippen molar-refractivity contribution in [3.8, 4) is 0 Å². The first kappa shape index (κ1) is 17.2. The number of carbonyl (C=O) groups is 1. The first-order valence-electron chi connectivity index (χ1n) is 7.87. The molecule has 1 saturated carbocycles. The number of nitrogens with one attached hydrogen (secondary N) is 1. The normalized spacial score (nSPS) is 23.1. The molecule has 2 fully saturated rings. The largest absolute Gasteiger partial charge is 0.341 e. The Hall–Kier alpha value is -1.13. The molecule has 0 radical (unpaired) electrons. The maximum Gasteiger partial charge on any atom is 0.233 e. The molecule has 1 aromatic rings. The summed E-state index contributed by atoms with van der Waals surface area (Å²) in [6.45, 7) is 1.85. The number of hydrogen-bond donors (Lipinski definition) is 1. The van der Waals surface area contributed by atoms with Gasteiger partial charge in [-0.25, -0.2) is 4.39 Å². The molecule has 122 valence electrons. The molecule has 0 aromatic heterocycles. The summed E-state index contributed by atoms with van der Waals surface area (Å²) in [4.78, 5) is 15.1. The van der Waals surface area contributed by atoms with E-state index < -0.39 is 5.41 Å². The van der Waals surface area contributed by atoms with Crippen molar-refractivity contribution < 1.29 is 9.18 Å². The molecule has 1 aliphatic heterocycles. The SMILES string of the molecule is CN(C(=O)C1(c2ccc(F)cc2)CCCC1)C1CCNC1.Cl. The molecule has 0 bridgehead atoms. The van der Waals surface area contributed by atoms with Crippen LogP contribution in [0.2, 0.25) is 0 Å². The Morgan fingerprint density at radius 2 is 1.91 bits per heavy atom. The van der Waals surface area contributed by atoms with E-state index in [1.807, 2.05) is 11.9 Å². The lowest BCUT2D eigenvalue weighted by atomic mass is 9.77. The molecule has 2 aliphatic rings. The van der Waals surface area contributed by atoms with Crippen molar-refractivity contribution in [2.75, 3.05) is 20.1 Å². The van der Waals surface area contributed by atoms with E-state index in [4.69, 9.17) is 0 Å². The predicted molar refractivity (Wildman–Crippen MR) is 87.8 cm³/mol. The fourth-order valence-electron chi connectivity index (χ4n) is 3.85. The Morgan fingerprint density at radius 1 is 1.27 bits per heavy atom. The van der Waals surface area contributed by atoms with Crippen LogP contribution >= 0.6 is 12.4 Å². The molecule has 3 nitrogen and oxygen atoms in total. The molecule has 1 aliphatic carbocycles. The summed E-state index contributed by atoms with van der Waals surface area (Å²) in [5.74, 6) is -0.0343. The minimum atomic E-state index is -0.439. The lowest BCUT2D eigenvalue weighted by Gasteiger charge is -2.35. The first-order chi connectivity index (χ1) is 10.1. The minimum absolute atomic E-state index is 0. The predicted octanol–water partition coefficient (Wildman–Crippen LogP) is 2.88. The summed E-state index contributed by atoms with van der Waals surface area (Å²) >= 11 is 0. The maximum atomic E-state index is 13.2. The van der Waals surface area contributed by atoms with Gasteiger partial charge in [0.2, 0.25) is 5.91 Å². The van der Waals surface area contributed by atoms with Crippen LogP contribution in [0.3, 0.4) is 0 Å². The van der Waals surface area contributed by atoms with Gasteiger partial charge in [0.25, 0.3) is 0 Å². The summed E-state index contributed by atoms with van der Waals surface area (Å²) in [6.07, 6.45) is 4.91. The quantitative estimate of drug-likeness (QED) is 0.926. The van der Waals surface area contributed by atoms with Crippen molar-refractivity contribution in [1.82, 2.24) is 10.2 Å². The van der Waals surface area contributed by atoms with Crippen molar-refractivity contribution in [2.24, 2.45) is 0 Å². The lowest BCUT2D eigenvalue weighted by Crippen LogP contribution is -2.48. The Balaban J connectivity index is 0.00000176. The van der Waals surface area contributed by atoms with Gasteiger partial charge in [0, 0.05) is 19.6 Å². The molecule has 0 spiro atoms. The van der Waals surface area contributed by atoms with E-state index in [-0.39, 0.29) is 30.2 Å². The van der Waals surface area contributed by atoms with Gasteiger partial charge in [-0.2, -0.15) is 0 Å². The van der Waals surface area contributed by atoms with Crippen LogP contribution in [0.1, 0.15) is 37.7 Å². The van der Waals surface area contributed by atoms with E-state index in [0.29, 0.717) is 0 Å². The number of halogens is 2. The highest BCUT2D eigenvalue weighted by molar-refractivity contribution is 5.88. The van der Waals surface area contributed by atoms with Gasteiger partial charge in [0.15, 0.2) is 0 Å². The van der Waals surface area contributed by atoms with Gasteiger partial charge in [-0.05, 0) is 43.5 Å². The number of rotatable bonds is 3. The molecule has 1 aromatic carbocycles. The highest BCUT2D eigenvalue weighted by Crippen LogP contribution is 2.43. The number of nitrogens with zero attached hydrogens (tertiary/aromatic N) is 1. The molecule has 1 unspecified atom stereocenters. The summed E-state index contributed by atoms with van der Waals surface area (Å²) in [5.41, 5.74) is 0.537. The Kier molecular flexibility index (Phi) is 5.45. The topological polar surface area (TPSA) is 32.3 Å². The fourth-order valence-corrected chi connectivity index (χ4v) is 3.85. The van der Waals surface area contributed by atoms with E-state index in [1.165, 1.54) is 12.1 Å². The summed E-state index contributed by atoms with van der Waals surface area (Å²) in [7, 11) is 1.92. The molecule has 1 N–H and O–H groups in total. The third-order valence-corrected chi connectivity index (χ3v) is 5.17. The third kappa shape index (κ3) is 2.99. The molecule has 5 heteroatoms. The molecular weight excluding hydrogens is 303 g/mol. The second-order valence-corrected chi connectivity index (χ2v) is 6.36. The number of hydrogen-bond acceptors (Lipinski definition) is 2. The zero-order valence-corrected chi connectivity index (χ0v) is 13.8. The zero-order chi connectivity index (χ0) is 14.9. The van der Waals surface area contributed by atoms with Crippen molar-refractivity contribution in [2.45, 2.75) is 43.6 Å². The van der Waals surface area contributed by atoms with Gasteiger partial charge in [0.05, 0.1) is 5.41 Å². The van der Waals surface area contributed by atoms with Crippen LogP contribution in [0.5, 0.6) is 0 Å². The third-order valence-electron chi connectivity index (χ3n) is 5.17. The Labute approximate surface area is 137 Å². The second kappa shape index (κ2) is 6.97. The smallest absolute Gasteiger partial charge is 0.233 e.